The number of hydrogen-bond donors (Lipinski definition) is 1. The van der Waals surface area contributed by atoms with Gasteiger partial charge >= 0.3 is 5.97 Å². The zero-order chi connectivity index (χ0) is 13.1. The fourth-order valence-electron chi connectivity index (χ4n) is 1.85. The maximum atomic E-state index is 11.4. The molecule has 0 aromatic heterocycles. The number of halogens is 1. The third-order valence-electron chi connectivity index (χ3n) is 2.96. The number of carbonyl (C=O) groups excluding carboxylic acids is 2. The SMILES string of the molecule is CC1=C(Nc2ccc(C(=O)OCl)cc2)CCC1=O. The number of allylic oxidation sites excluding steroid dienone is 2. The van der Waals surface area contributed by atoms with Gasteiger partial charge in [0.1, 0.15) is 11.9 Å². The quantitative estimate of drug-likeness (QED) is 0.913. The van der Waals surface area contributed by atoms with Gasteiger partial charge < -0.3 is 9.61 Å². The first-order valence-electron chi connectivity index (χ1n) is 5.55. The first-order valence-corrected chi connectivity index (χ1v) is 5.85. The number of carbonyl (C=O) groups is 2. The first kappa shape index (κ1) is 12.6. The molecule has 0 bridgehead atoms. The molecule has 0 saturated heterocycles. The summed E-state index contributed by atoms with van der Waals surface area (Å²) in [5.74, 6) is -0.408. The summed E-state index contributed by atoms with van der Waals surface area (Å²) in [6.45, 7) is 1.82. The van der Waals surface area contributed by atoms with Crippen molar-refractivity contribution < 1.29 is 13.9 Å². The molecule has 0 heterocycles. The lowest BCUT2D eigenvalue weighted by atomic mass is 10.2. The van der Waals surface area contributed by atoms with Crippen LogP contribution in [0.3, 0.4) is 0 Å². The second-order valence-corrected chi connectivity index (χ2v) is 4.25. The normalized spacial score (nSPS) is 14.9. The first-order chi connectivity index (χ1) is 8.61. The maximum absolute atomic E-state index is 11.4. The summed E-state index contributed by atoms with van der Waals surface area (Å²) < 4.78 is 4.10. The van der Waals surface area contributed by atoms with Crippen molar-refractivity contribution in [3.8, 4) is 0 Å². The molecule has 5 heteroatoms. The Morgan fingerprint density at radius 1 is 1.28 bits per heavy atom. The molecule has 94 valence electrons. The zero-order valence-electron chi connectivity index (χ0n) is 9.83. The van der Waals surface area contributed by atoms with Gasteiger partial charge in [-0.25, -0.2) is 4.79 Å². The van der Waals surface area contributed by atoms with Crippen LogP contribution in [0.25, 0.3) is 0 Å². The minimum atomic E-state index is -0.588. The smallest absolute Gasteiger partial charge is 0.356 e. The van der Waals surface area contributed by atoms with Crippen LogP contribution in [0, 0.1) is 0 Å². The summed E-state index contributed by atoms with van der Waals surface area (Å²) in [4.78, 5) is 22.5. The highest BCUT2D eigenvalue weighted by molar-refractivity contribution is 6.15. The van der Waals surface area contributed by atoms with Gasteiger partial charge in [-0.3, -0.25) is 4.79 Å². The van der Waals surface area contributed by atoms with E-state index in [1.165, 1.54) is 0 Å². The summed E-state index contributed by atoms with van der Waals surface area (Å²) in [7, 11) is 0. The highest BCUT2D eigenvalue weighted by Gasteiger charge is 2.19. The Morgan fingerprint density at radius 2 is 1.94 bits per heavy atom. The Balaban J connectivity index is 2.12. The lowest BCUT2D eigenvalue weighted by molar-refractivity contribution is -0.114. The molecule has 1 aliphatic carbocycles. The number of hydrogen-bond acceptors (Lipinski definition) is 4. The Kier molecular flexibility index (Phi) is 3.67. The molecule has 1 N–H and O–H groups in total. The van der Waals surface area contributed by atoms with Gasteiger partial charge in [0, 0.05) is 23.4 Å². The maximum Gasteiger partial charge on any atom is 0.356 e. The second kappa shape index (κ2) is 5.23. The van der Waals surface area contributed by atoms with Crippen molar-refractivity contribution in [1.82, 2.24) is 0 Å². The van der Waals surface area contributed by atoms with Crippen LogP contribution in [0.15, 0.2) is 35.5 Å². The molecule has 18 heavy (non-hydrogen) atoms. The van der Waals surface area contributed by atoms with Crippen molar-refractivity contribution in [2.75, 3.05) is 5.32 Å². The van der Waals surface area contributed by atoms with Crippen LogP contribution in [0.2, 0.25) is 0 Å². The highest BCUT2D eigenvalue weighted by Crippen LogP contribution is 2.24. The molecule has 0 saturated carbocycles. The number of ketones is 1. The minimum Gasteiger partial charge on any atom is -0.359 e. The lowest BCUT2D eigenvalue weighted by Gasteiger charge is -2.08. The van der Waals surface area contributed by atoms with Gasteiger partial charge in [-0.1, -0.05) is 0 Å². The molecule has 0 atom stereocenters. The summed E-state index contributed by atoms with van der Waals surface area (Å²) in [6.07, 6.45) is 1.29. The lowest BCUT2D eigenvalue weighted by Crippen LogP contribution is -2.01. The van der Waals surface area contributed by atoms with Crippen molar-refractivity contribution in [3.63, 3.8) is 0 Å². The van der Waals surface area contributed by atoms with Crippen molar-refractivity contribution in [1.29, 1.82) is 0 Å². The molecule has 0 spiro atoms. The van der Waals surface area contributed by atoms with E-state index in [1.807, 2.05) is 6.92 Å². The van der Waals surface area contributed by atoms with Crippen LogP contribution in [0.4, 0.5) is 5.69 Å². The monoisotopic (exact) mass is 265 g/mol. The number of benzene rings is 1. The van der Waals surface area contributed by atoms with E-state index in [0.29, 0.717) is 12.0 Å². The molecule has 1 aromatic rings. The van der Waals surface area contributed by atoms with E-state index in [-0.39, 0.29) is 5.78 Å². The molecule has 0 fully saturated rings. The van der Waals surface area contributed by atoms with Gasteiger partial charge in [-0.15, -0.1) is 0 Å². The average molecular weight is 266 g/mol. The fraction of sp³-hybridized carbons (Fsp3) is 0.231. The van der Waals surface area contributed by atoms with Crippen LogP contribution < -0.4 is 5.32 Å². The minimum absolute atomic E-state index is 0.180. The van der Waals surface area contributed by atoms with Crippen LogP contribution in [-0.2, 0) is 9.08 Å². The number of nitrogens with one attached hydrogen (secondary N) is 1. The van der Waals surface area contributed by atoms with Gasteiger partial charge in [0.2, 0.25) is 0 Å². The molecule has 4 nitrogen and oxygen atoms in total. The van der Waals surface area contributed by atoms with Gasteiger partial charge in [-0.2, -0.15) is 0 Å². The van der Waals surface area contributed by atoms with Crippen molar-refractivity contribution >= 4 is 29.3 Å². The molecule has 1 aromatic carbocycles. The van der Waals surface area contributed by atoms with Crippen molar-refractivity contribution in [3.05, 3.63) is 41.1 Å². The van der Waals surface area contributed by atoms with Crippen LogP contribution in [-0.4, -0.2) is 11.8 Å². The van der Waals surface area contributed by atoms with Gasteiger partial charge in [0.05, 0.1) is 5.56 Å². The molecular weight excluding hydrogens is 254 g/mol. The van der Waals surface area contributed by atoms with Gasteiger partial charge in [0.25, 0.3) is 0 Å². The van der Waals surface area contributed by atoms with Crippen LogP contribution in [0.5, 0.6) is 0 Å². The van der Waals surface area contributed by atoms with E-state index in [1.54, 1.807) is 24.3 Å². The van der Waals surface area contributed by atoms with E-state index < -0.39 is 5.97 Å². The fourth-order valence-corrected chi connectivity index (χ4v) is 1.94. The Morgan fingerprint density at radius 3 is 2.44 bits per heavy atom. The van der Waals surface area contributed by atoms with Gasteiger partial charge in [-0.05, 0) is 37.6 Å². The summed E-state index contributed by atoms with van der Waals surface area (Å²) in [6, 6.07) is 6.71. The number of anilines is 1. The van der Waals surface area contributed by atoms with Crippen LogP contribution >= 0.6 is 11.9 Å². The molecule has 0 aliphatic heterocycles. The van der Waals surface area contributed by atoms with Crippen LogP contribution in [0.1, 0.15) is 30.1 Å². The van der Waals surface area contributed by atoms with E-state index in [0.717, 1.165) is 23.4 Å². The summed E-state index contributed by atoms with van der Waals surface area (Å²) in [5.41, 5.74) is 2.92. The summed E-state index contributed by atoms with van der Waals surface area (Å²) in [5, 5.41) is 3.18. The molecule has 1 aliphatic rings. The average Bonchev–Trinajstić information content (AvgIpc) is 2.71. The third kappa shape index (κ3) is 2.54. The molecule has 0 unspecified atom stereocenters. The Labute approximate surface area is 110 Å². The Hall–Kier alpha value is -1.81. The highest BCUT2D eigenvalue weighted by atomic mass is 35.5. The van der Waals surface area contributed by atoms with Gasteiger partial charge in [0.15, 0.2) is 5.78 Å². The predicted octanol–water partition coefficient (Wildman–Crippen LogP) is 3.05. The van der Waals surface area contributed by atoms with E-state index >= 15 is 0 Å². The van der Waals surface area contributed by atoms with E-state index in [9.17, 15) is 9.59 Å². The standard InChI is InChI=1S/C13H12ClNO3/c1-8-11(6-7-12(8)16)15-10-4-2-9(3-5-10)13(17)18-14/h2-5,15H,6-7H2,1H3. The van der Waals surface area contributed by atoms with E-state index in [4.69, 9.17) is 11.9 Å². The third-order valence-corrected chi connectivity index (χ3v) is 3.10. The topological polar surface area (TPSA) is 55.4 Å². The number of rotatable bonds is 3. The largest absolute Gasteiger partial charge is 0.359 e. The number of Topliss-reactive ketones (excluding diaryl/α,β-unsaturated/α-hetero) is 1. The van der Waals surface area contributed by atoms with Crippen molar-refractivity contribution in [2.24, 2.45) is 0 Å². The second-order valence-electron chi connectivity index (χ2n) is 4.09. The predicted molar refractivity (Wildman–Crippen MR) is 68.3 cm³/mol. The molecular formula is C13H12ClNO3. The van der Waals surface area contributed by atoms with Crippen molar-refractivity contribution in [2.45, 2.75) is 19.8 Å². The Bertz CT molecular complexity index is 520. The molecule has 0 radical (unpaired) electrons. The van der Waals surface area contributed by atoms with E-state index in [2.05, 4.69) is 9.61 Å². The molecule has 2 rings (SSSR count). The zero-order valence-corrected chi connectivity index (χ0v) is 10.6. The molecule has 0 amide bonds. The summed E-state index contributed by atoms with van der Waals surface area (Å²) >= 11 is 4.99.